The average Bonchev–Trinajstić information content (AvgIpc) is 3.06. The zero-order valence-electron chi connectivity index (χ0n) is 14.8. The number of carbonyl (C=O) groups is 1. The van der Waals surface area contributed by atoms with Crippen LogP contribution < -0.4 is 4.90 Å². The van der Waals surface area contributed by atoms with Crippen molar-refractivity contribution in [3.63, 3.8) is 0 Å². The van der Waals surface area contributed by atoms with E-state index in [1.807, 2.05) is 16.5 Å². The van der Waals surface area contributed by atoms with Gasteiger partial charge in [0.2, 0.25) is 5.91 Å². The minimum absolute atomic E-state index is 0.161. The number of para-hydroxylation sites is 1. The highest BCUT2D eigenvalue weighted by molar-refractivity contribution is 5.78. The summed E-state index contributed by atoms with van der Waals surface area (Å²) in [6, 6.07) is 9.31. The molecule has 3 heterocycles. The van der Waals surface area contributed by atoms with Crippen molar-refractivity contribution in [2.75, 3.05) is 24.5 Å². The van der Waals surface area contributed by atoms with E-state index < -0.39 is 0 Å². The molecule has 6 heteroatoms. The average molecular weight is 339 g/mol. The van der Waals surface area contributed by atoms with E-state index in [0.29, 0.717) is 12.5 Å². The largest absolute Gasteiger partial charge is 0.368 e. The summed E-state index contributed by atoms with van der Waals surface area (Å²) in [6.07, 6.45) is 6.47. The molecule has 2 aromatic rings. The number of rotatable bonds is 3. The summed E-state index contributed by atoms with van der Waals surface area (Å²) in [4.78, 5) is 17.1. The van der Waals surface area contributed by atoms with E-state index in [1.165, 1.54) is 24.1 Å². The number of fused-ring (bicyclic) bond motifs is 1. The highest BCUT2D eigenvalue weighted by atomic mass is 16.2. The summed E-state index contributed by atoms with van der Waals surface area (Å²) in [5.74, 6) is 0.894. The summed E-state index contributed by atoms with van der Waals surface area (Å²) in [5.41, 5.74) is 2.87. The number of aryl methyl sites for hydroxylation is 2. The molecule has 1 saturated heterocycles. The zero-order chi connectivity index (χ0) is 17.2. The van der Waals surface area contributed by atoms with E-state index >= 15 is 0 Å². The molecule has 0 N–H and O–H groups in total. The molecule has 0 unspecified atom stereocenters. The van der Waals surface area contributed by atoms with Crippen LogP contribution in [0.5, 0.6) is 0 Å². The molecular weight excluding hydrogens is 314 g/mol. The molecule has 4 rings (SSSR count). The van der Waals surface area contributed by atoms with Gasteiger partial charge in [-0.25, -0.2) is 0 Å². The molecular formula is C19H25N5O. The van der Waals surface area contributed by atoms with Crippen LogP contribution in [0, 0.1) is 0 Å². The number of hydrogen-bond donors (Lipinski definition) is 0. The molecule has 0 bridgehead atoms. The first-order valence-corrected chi connectivity index (χ1v) is 9.17. The fourth-order valence-electron chi connectivity index (χ4n) is 4.08. The van der Waals surface area contributed by atoms with Crippen LogP contribution in [-0.2, 0) is 24.7 Å². The Labute approximate surface area is 148 Å². The van der Waals surface area contributed by atoms with E-state index in [2.05, 4.69) is 39.4 Å². The van der Waals surface area contributed by atoms with Crippen LogP contribution in [0.25, 0.3) is 0 Å². The van der Waals surface area contributed by atoms with Gasteiger partial charge in [-0.05, 0) is 37.3 Å². The normalized spacial score (nSPS) is 18.3. The van der Waals surface area contributed by atoms with Crippen molar-refractivity contribution >= 4 is 11.6 Å². The van der Waals surface area contributed by atoms with Gasteiger partial charge in [-0.15, -0.1) is 10.2 Å². The van der Waals surface area contributed by atoms with E-state index in [1.54, 1.807) is 6.33 Å². The molecule has 0 spiro atoms. The summed E-state index contributed by atoms with van der Waals surface area (Å²) in [5, 5.41) is 7.87. The molecule has 0 radical (unpaired) electrons. The molecule has 0 aliphatic carbocycles. The van der Waals surface area contributed by atoms with Gasteiger partial charge in [0.15, 0.2) is 0 Å². The molecule has 1 aromatic carbocycles. The number of anilines is 1. The fraction of sp³-hybridized carbons (Fsp3) is 0.526. The standard InChI is InChI=1S/C19H25N5O/c1-22-14-20-21-18(22)13-19(25)23-11-8-16(9-12-23)24-10-4-6-15-5-2-3-7-17(15)24/h2-3,5,7,14,16H,4,6,8-13H2,1H3. The van der Waals surface area contributed by atoms with Crippen LogP contribution in [0.1, 0.15) is 30.7 Å². The maximum Gasteiger partial charge on any atom is 0.230 e. The van der Waals surface area contributed by atoms with Gasteiger partial charge in [0.1, 0.15) is 12.2 Å². The van der Waals surface area contributed by atoms with Crippen LogP contribution in [0.15, 0.2) is 30.6 Å². The van der Waals surface area contributed by atoms with Gasteiger partial charge in [-0.3, -0.25) is 4.79 Å². The topological polar surface area (TPSA) is 54.3 Å². The number of benzene rings is 1. The first kappa shape index (κ1) is 16.1. The lowest BCUT2D eigenvalue weighted by Crippen LogP contribution is -2.48. The van der Waals surface area contributed by atoms with Crippen molar-refractivity contribution in [1.82, 2.24) is 19.7 Å². The first-order chi connectivity index (χ1) is 12.2. The van der Waals surface area contributed by atoms with Crippen LogP contribution in [-0.4, -0.2) is 51.2 Å². The van der Waals surface area contributed by atoms with E-state index in [4.69, 9.17) is 0 Å². The number of piperidine rings is 1. The lowest BCUT2D eigenvalue weighted by atomic mass is 9.96. The van der Waals surface area contributed by atoms with E-state index in [9.17, 15) is 4.79 Å². The van der Waals surface area contributed by atoms with Crippen LogP contribution in [0.2, 0.25) is 0 Å². The van der Waals surface area contributed by atoms with E-state index in [-0.39, 0.29) is 5.91 Å². The quantitative estimate of drug-likeness (QED) is 0.856. The van der Waals surface area contributed by atoms with Crippen LogP contribution in [0.4, 0.5) is 5.69 Å². The van der Waals surface area contributed by atoms with Gasteiger partial charge in [0.05, 0.1) is 6.42 Å². The Balaban J connectivity index is 1.37. The van der Waals surface area contributed by atoms with E-state index in [0.717, 1.165) is 38.3 Å². The zero-order valence-corrected chi connectivity index (χ0v) is 14.8. The number of amides is 1. The Bertz CT molecular complexity index is 748. The molecule has 6 nitrogen and oxygen atoms in total. The molecule has 25 heavy (non-hydrogen) atoms. The van der Waals surface area contributed by atoms with Gasteiger partial charge >= 0.3 is 0 Å². The lowest BCUT2D eigenvalue weighted by Gasteiger charge is -2.42. The van der Waals surface area contributed by atoms with Gasteiger partial charge in [0, 0.05) is 38.4 Å². The van der Waals surface area contributed by atoms with Crippen molar-refractivity contribution in [2.24, 2.45) is 7.05 Å². The second-order valence-electron chi connectivity index (χ2n) is 7.07. The molecule has 0 atom stereocenters. The molecule has 1 amide bonds. The lowest BCUT2D eigenvalue weighted by molar-refractivity contribution is -0.131. The third-order valence-corrected chi connectivity index (χ3v) is 5.52. The number of aromatic nitrogens is 3. The maximum atomic E-state index is 12.5. The number of hydrogen-bond acceptors (Lipinski definition) is 4. The third-order valence-electron chi connectivity index (χ3n) is 5.52. The third kappa shape index (κ3) is 3.25. The highest BCUT2D eigenvalue weighted by Crippen LogP contribution is 2.31. The molecule has 1 aromatic heterocycles. The predicted octanol–water partition coefficient (Wildman–Crippen LogP) is 1.80. The monoisotopic (exact) mass is 339 g/mol. The second-order valence-corrected chi connectivity index (χ2v) is 7.07. The number of likely N-dealkylation sites (tertiary alicyclic amines) is 1. The second kappa shape index (κ2) is 6.86. The smallest absolute Gasteiger partial charge is 0.230 e. The Hall–Kier alpha value is -2.37. The molecule has 1 fully saturated rings. The number of carbonyl (C=O) groups excluding carboxylic acids is 1. The van der Waals surface area contributed by atoms with Gasteiger partial charge in [-0.1, -0.05) is 18.2 Å². The minimum atomic E-state index is 0.161. The van der Waals surface area contributed by atoms with Crippen molar-refractivity contribution in [1.29, 1.82) is 0 Å². The Kier molecular flexibility index (Phi) is 4.42. The Morgan fingerprint density at radius 1 is 1.20 bits per heavy atom. The van der Waals surface area contributed by atoms with Crippen LogP contribution >= 0.6 is 0 Å². The van der Waals surface area contributed by atoms with Gasteiger partial charge in [-0.2, -0.15) is 0 Å². The van der Waals surface area contributed by atoms with Gasteiger partial charge in [0.25, 0.3) is 0 Å². The predicted molar refractivity (Wildman–Crippen MR) is 96.4 cm³/mol. The molecule has 0 saturated carbocycles. The van der Waals surface area contributed by atoms with Crippen molar-refractivity contribution in [2.45, 2.75) is 38.1 Å². The summed E-state index contributed by atoms with van der Waals surface area (Å²) >= 11 is 0. The van der Waals surface area contributed by atoms with Crippen LogP contribution in [0.3, 0.4) is 0 Å². The van der Waals surface area contributed by atoms with Crippen molar-refractivity contribution in [3.8, 4) is 0 Å². The summed E-state index contributed by atoms with van der Waals surface area (Å²) in [7, 11) is 1.88. The first-order valence-electron chi connectivity index (χ1n) is 9.17. The molecule has 132 valence electrons. The Morgan fingerprint density at radius 3 is 2.76 bits per heavy atom. The summed E-state index contributed by atoms with van der Waals surface area (Å²) < 4.78 is 1.81. The van der Waals surface area contributed by atoms with Crippen molar-refractivity contribution in [3.05, 3.63) is 42.0 Å². The maximum absolute atomic E-state index is 12.5. The summed E-state index contributed by atoms with van der Waals surface area (Å²) in [6.45, 7) is 2.80. The molecule has 2 aliphatic heterocycles. The number of nitrogens with zero attached hydrogens (tertiary/aromatic N) is 5. The fourth-order valence-corrected chi connectivity index (χ4v) is 4.08. The van der Waals surface area contributed by atoms with Crippen molar-refractivity contribution < 1.29 is 4.79 Å². The minimum Gasteiger partial charge on any atom is -0.368 e. The van der Waals surface area contributed by atoms with Gasteiger partial charge < -0.3 is 14.4 Å². The SMILES string of the molecule is Cn1cnnc1CC(=O)N1CCC(N2CCCc3ccccc32)CC1. The highest BCUT2D eigenvalue weighted by Gasteiger charge is 2.29. The Morgan fingerprint density at radius 2 is 2.00 bits per heavy atom. The molecule has 2 aliphatic rings.